The third kappa shape index (κ3) is 6.40. The van der Waals surface area contributed by atoms with E-state index in [9.17, 15) is 4.79 Å². The van der Waals surface area contributed by atoms with Crippen LogP contribution in [-0.2, 0) is 11.2 Å². The highest BCUT2D eigenvalue weighted by atomic mass is 35.5. The van der Waals surface area contributed by atoms with Crippen LogP contribution in [0.2, 0.25) is 0 Å². The second-order valence-corrected chi connectivity index (χ2v) is 6.09. The lowest BCUT2D eigenvalue weighted by Gasteiger charge is -2.19. The van der Waals surface area contributed by atoms with Gasteiger partial charge in [-0.2, -0.15) is 0 Å². The summed E-state index contributed by atoms with van der Waals surface area (Å²) in [5.74, 6) is 1.49. The molecule has 1 aromatic carbocycles. The van der Waals surface area contributed by atoms with E-state index in [0.29, 0.717) is 18.9 Å². The molecule has 5 heteroatoms. The highest BCUT2D eigenvalue weighted by Gasteiger charge is 2.26. The molecule has 2 unspecified atom stereocenters. The second kappa shape index (κ2) is 10.5. The van der Waals surface area contributed by atoms with Crippen LogP contribution in [-0.4, -0.2) is 25.1 Å². The first-order valence-corrected chi connectivity index (χ1v) is 8.44. The maximum Gasteiger partial charge on any atom is 0.220 e. The fourth-order valence-electron chi connectivity index (χ4n) is 3.02. The van der Waals surface area contributed by atoms with E-state index in [0.717, 1.165) is 38.0 Å². The number of hydrogen-bond acceptors (Lipinski definition) is 3. The van der Waals surface area contributed by atoms with Crippen LogP contribution >= 0.6 is 12.4 Å². The number of aryl methyl sites for hydroxylation is 1. The minimum atomic E-state index is 0. The molecule has 0 spiro atoms. The first-order valence-electron chi connectivity index (χ1n) is 8.44. The van der Waals surface area contributed by atoms with E-state index in [2.05, 4.69) is 12.2 Å². The second-order valence-electron chi connectivity index (χ2n) is 6.09. The third-order valence-electron chi connectivity index (χ3n) is 4.35. The van der Waals surface area contributed by atoms with Crippen molar-refractivity contribution in [3.8, 4) is 5.75 Å². The summed E-state index contributed by atoms with van der Waals surface area (Å²) in [6.45, 7) is 3.50. The van der Waals surface area contributed by atoms with E-state index in [1.165, 1.54) is 12.0 Å². The van der Waals surface area contributed by atoms with Crippen LogP contribution in [0.5, 0.6) is 5.75 Å². The van der Waals surface area contributed by atoms with Crippen LogP contribution in [0.15, 0.2) is 24.3 Å². The van der Waals surface area contributed by atoms with E-state index in [4.69, 9.17) is 10.5 Å². The number of rotatable bonds is 8. The zero-order valence-corrected chi connectivity index (χ0v) is 14.7. The molecule has 1 aromatic rings. The van der Waals surface area contributed by atoms with Crippen LogP contribution in [0.3, 0.4) is 0 Å². The Morgan fingerprint density at radius 3 is 2.70 bits per heavy atom. The first kappa shape index (κ1) is 19.8. The third-order valence-corrected chi connectivity index (χ3v) is 4.35. The average Bonchev–Trinajstić information content (AvgIpc) is 2.99. The number of ether oxygens (including phenoxy) is 1. The highest BCUT2D eigenvalue weighted by Crippen LogP contribution is 2.24. The number of halogens is 1. The quantitative estimate of drug-likeness (QED) is 0.764. The Hall–Kier alpha value is -1.26. The molecular formula is C18H29ClN2O2. The highest BCUT2D eigenvalue weighted by molar-refractivity contribution is 5.85. The molecule has 0 aromatic heterocycles. The number of carbonyl (C=O) groups excluding carboxylic acids is 1. The van der Waals surface area contributed by atoms with Gasteiger partial charge in [0.05, 0.1) is 6.61 Å². The maximum absolute atomic E-state index is 12.1. The fraction of sp³-hybridized carbons (Fsp3) is 0.611. The van der Waals surface area contributed by atoms with Gasteiger partial charge in [-0.05, 0) is 55.8 Å². The molecule has 0 aliphatic heterocycles. The van der Waals surface area contributed by atoms with Crippen LogP contribution in [0, 0.1) is 5.92 Å². The van der Waals surface area contributed by atoms with Crippen molar-refractivity contribution in [1.82, 2.24) is 5.32 Å². The molecule has 4 nitrogen and oxygen atoms in total. The van der Waals surface area contributed by atoms with E-state index in [1.54, 1.807) is 0 Å². The van der Waals surface area contributed by atoms with Gasteiger partial charge in [-0.3, -0.25) is 4.79 Å². The maximum atomic E-state index is 12.1. The lowest BCUT2D eigenvalue weighted by molar-refractivity contribution is -0.122. The standard InChI is InChI=1S/C18H28N2O2.ClH/c1-2-12-22-16-9-6-14(7-10-16)8-11-18(21)20-17-5-3-4-15(17)13-19;/h6-7,9-10,15,17H,2-5,8,11-13,19H2,1H3,(H,20,21);1H. The van der Waals surface area contributed by atoms with Crippen LogP contribution in [0.4, 0.5) is 0 Å². The summed E-state index contributed by atoms with van der Waals surface area (Å²) in [5, 5.41) is 3.15. The predicted molar refractivity (Wildman–Crippen MR) is 96.1 cm³/mol. The van der Waals surface area contributed by atoms with E-state index < -0.39 is 0 Å². The molecule has 0 saturated heterocycles. The SMILES string of the molecule is CCCOc1ccc(CCC(=O)NC2CCCC2CN)cc1.Cl. The smallest absolute Gasteiger partial charge is 0.220 e. The minimum Gasteiger partial charge on any atom is -0.494 e. The monoisotopic (exact) mass is 340 g/mol. The summed E-state index contributed by atoms with van der Waals surface area (Å²) in [6, 6.07) is 8.31. The molecule has 1 saturated carbocycles. The Morgan fingerprint density at radius 2 is 2.04 bits per heavy atom. The summed E-state index contributed by atoms with van der Waals surface area (Å²) in [5.41, 5.74) is 6.92. The van der Waals surface area contributed by atoms with Crippen molar-refractivity contribution >= 4 is 18.3 Å². The van der Waals surface area contributed by atoms with Gasteiger partial charge in [0, 0.05) is 12.5 Å². The van der Waals surface area contributed by atoms with Crippen molar-refractivity contribution < 1.29 is 9.53 Å². The van der Waals surface area contributed by atoms with Gasteiger partial charge < -0.3 is 15.8 Å². The molecule has 1 aliphatic rings. The van der Waals surface area contributed by atoms with Gasteiger partial charge in [0.2, 0.25) is 5.91 Å². The molecule has 1 aliphatic carbocycles. The lowest BCUT2D eigenvalue weighted by Crippen LogP contribution is -2.39. The first-order chi connectivity index (χ1) is 10.7. The molecule has 3 N–H and O–H groups in total. The number of amides is 1. The molecule has 0 bridgehead atoms. The van der Waals surface area contributed by atoms with Gasteiger partial charge in [0.15, 0.2) is 0 Å². The van der Waals surface area contributed by atoms with Gasteiger partial charge in [-0.15, -0.1) is 12.4 Å². The Kier molecular flexibility index (Phi) is 9.03. The fourth-order valence-corrected chi connectivity index (χ4v) is 3.02. The summed E-state index contributed by atoms with van der Waals surface area (Å²) in [7, 11) is 0. The van der Waals surface area contributed by atoms with Crippen LogP contribution in [0.1, 0.15) is 44.6 Å². The molecule has 0 radical (unpaired) electrons. The number of nitrogens with two attached hydrogens (primary N) is 1. The van der Waals surface area contributed by atoms with Gasteiger partial charge in [0.1, 0.15) is 5.75 Å². The molecule has 0 heterocycles. The van der Waals surface area contributed by atoms with E-state index in [-0.39, 0.29) is 24.4 Å². The predicted octanol–water partition coefficient (Wildman–Crippen LogP) is 3.07. The molecule has 1 fully saturated rings. The molecule has 2 rings (SSSR count). The molecule has 23 heavy (non-hydrogen) atoms. The average molecular weight is 341 g/mol. The van der Waals surface area contributed by atoms with Crippen LogP contribution in [0.25, 0.3) is 0 Å². The largest absolute Gasteiger partial charge is 0.494 e. The lowest BCUT2D eigenvalue weighted by atomic mass is 10.0. The molecular weight excluding hydrogens is 312 g/mol. The summed E-state index contributed by atoms with van der Waals surface area (Å²) in [6.07, 6.45) is 5.68. The van der Waals surface area contributed by atoms with Gasteiger partial charge in [0.25, 0.3) is 0 Å². The van der Waals surface area contributed by atoms with Gasteiger partial charge in [-0.25, -0.2) is 0 Å². The zero-order valence-electron chi connectivity index (χ0n) is 13.9. The molecule has 130 valence electrons. The number of carbonyl (C=O) groups is 1. The van der Waals surface area contributed by atoms with Crippen LogP contribution < -0.4 is 15.8 Å². The van der Waals surface area contributed by atoms with Crippen molar-refractivity contribution in [1.29, 1.82) is 0 Å². The van der Waals surface area contributed by atoms with Gasteiger partial charge in [-0.1, -0.05) is 25.5 Å². The normalized spacial score (nSPS) is 19.9. The Morgan fingerprint density at radius 1 is 1.30 bits per heavy atom. The topological polar surface area (TPSA) is 64.3 Å². The Balaban J connectivity index is 0.00000264. The van der Waals surface area contributed by atoms with E-state index >= 15 is 0 Å². The zero-order chi connectivity index (χ0) is 15.8. The molecule has 1 amide bonds. The minimum absolute atomic E-state index is 0. The van der Waals surface area contributed by atoms with Crippen molar-refractivity contribution in [2.45, 2.75) is 51.5 Å². The Labute approximate surface area is 145 Å². The number of hydrogen-bond donors (Lipinski definition) is 2. The summed E-state index contributed by atoms with van der Waals surface area (Å²) < 4.78 is 5.56. The summed E-state index contributed by atoms with van der Waals surface area (Å²) >= 11 is 0. The van der Waals surface area contributed by atoms with E-state index in [1.807, 2.05) is 24.3 Å². The van der Waals surface area contributed by atoms with Crippen molar-refractivity contribution in [2.75, 3.05) is 13.2 Å². The summed E-state index contributed by atoms with van der Waals surface area (Å²) in [4.78, 5) is 12.1. The van der Waals surface area contributed by atoms with Crippen molar-refractivity contribution in [3.63, 3.8) is 0 Å². The Bertz CT molecular complexity index is 465. The van der Waals surface area contributed by atoms with Gasteiger partial charge >= 0.3 is 0 Å². The van der Waals surface area contributed by atoms with Crippen molar-refractivity contribution in [2.24, 2.45) is 11.7 Å². The number of benzene rings is 1. The number of nitrogens with one attached hydrogen (secondary N) is 1. The van der Waals surface area contributed by atoms with Crippen molar-refractivity contribution in [3.05, 3.63) is 29.8 Å². The molecule has 2 atom stereocenters.